The Bertz CT molecular complexity index is 602. The summed E-state index contributed by atoms with van der Waals surface area (Å²) in [6, 6.07) is 6.61. The monoisotopic (exact) mass is 317 g/mol. The van der Waals surface area contributed by atoms with Gasteiger partial charge in [-0.1, -0.05) is 6.07 Å². The van der Waals surface area contributed by atoms with Gasteiger partial charge in [-0.25, -0.2) is 8.42 Å². The van der Waals surface area contributed by atoms with Gasteiger partial charge < -0.3 is 9.64 Å². The fourth-order valence-electron chi connectivity index (χ4n) is 2.36. The number of ether oxygens (including phenoxy) is 1. The first kappa shape index (κ1) is 15.1. The fourth-order valence-corrected chi connectivity index (χ4v) is 4.19. The zero-order valence-electron chi connectivity index (χ0n) is 11.1. The van der Waals surface area contributed by atoms with Crippen molar-refractivity contribution in [2.24, 2.45) is 0 Å². The van der Waals surface area contributed by atoms with Gasteiger partial charge in [0.05, 0.1) is 24.7 Å². The van der Waals surface area contributed by atoms with Crippen LogP contribution in [0.5, 0.6) is 5.75 Å². The zero-order chi connectivity index (χ0) is 14.8. The predicted molar refractivity (Wildman–Crippen MR) is 78.3 cm³/mol. The largest absolute Gasteiger partial charge is 0.497 e. The van der Waals surface area contributed by atoms with Gasteiger partial charge in [0.1, 0.15) is 11.6 Å². The van der Waals surface area contributed by atoms with Crippen LogP contribution >= 0.6 is 11.6 Å². The number of hydrogen-bond acceptors (Lipinski definition) is 4. The lowest BCUT2D eigenvalue weighted by Gasteiger charge is -2.28. The van der Waals surface area contributed by atoms with Crippen LogP contribution in [0, 0.1) is 0 Å². The van der Waals surface area contributed by atoms with Crippen LogP contribution < -0.4 is 9.64 Å². The molecule has 1 aliphatic rings. The standard InChI is InChI=1S/C13H16ClNO4S/c1-19-12-4-2-3-10(7-12)15(13(16)8-14)11-5-6-20(17,18)9-11/h2-4,7,11H,5-6,8-9H2,1H3/t11-/m1/s1. The third-order valence-corrected chi connectivity index (χ3v) is 5.27. The van der Waals surface area contributed by atoms with E-state index in [4.69, 9.17) is 16.3 Å². The summed E-state index contributed by atoms with van der Waals surface area (Å²) in [7, 11) is -1.54. The van der Waals surface area contributed by atoms with Crippen molar-refractivity contribution >= 4 is 33.0 Å². The third-order valence-electron chi connectivity index (χ3n) is 3.29. The second-order valence-electron chi connectivity index (χ2n) is 4.66. The molecule has 1 saturated heterocycles. The minimum absolute atomic E-state index is 0.0210. The molecule has 7 heteroatoms. The van der Waals surface area contributed by atoms with Crippen molar-refractivity contribution in [3.05, 3.63) is 24.3 Å². The maximum absolute atomic E-state index is 12.1. The summed E-state index contributed by atoms with van der Waals surface area (Å²) in [5.41, 5.74) is 0.608. The van der Waals surface area contributed by atoms with E-state index < -0.39 is 9.84 Å². The summed E-state index contributed by atoms with van der Waals surface area (Å²) in [4.78, 5) is 13.5. The quantitative estimate of drug-likeness (QED) is 0.789. The van der Waals surface area contributed by atoms with Crippen LogP contribution in [0.2, 0.25) is 0 Å². The highest BCUT2D eigenvalue weighted by Crippen LogP contribution is 2.27. The lowest BCUT2D eigenvalue weighted by molar-refractivity contribution is -0.116. The van der Waals surface area contributed by atoms with Gasteiger partial charge in [0.2, 0.25) is 5.91 Å². The second kappa shape index (κ2) is 6.01. The highest BCUT2D eigenvalue weighted by Gasteiger charge is 2.35. The Morgan fingerprint density at radius 2 is 2.25 bits per heavy atom. The van der Waals surface area contributed by atoms with E-state index in [2.05, 4.69) is 0 Å². The van der Waals surface area contributed by atoms with Crippen LogP contribution in [0.15, 0.2) is 24.3 Å². The van der Waals surface area contributed by atoms with Crippen molar-refractivity contribution in [3.8, 4) is 5.75 Å². The molecule has 1 aromatic carbocycles. The Labute approximate surface area is 123 Å². The molecule has 0 N–H and O–H groups in total. The summed E-state index contributed by atoms with van der Waals surface area (Å²) in [6.45, 7) is 0. The normalized spacial score (nSPS) is 20.6. The van der Waals surface area contributed by atoms with Crippen molar-refractivity contribution in [1.29, 1.82) is 0 Å². The summed E-state index contributed by atoms with van der Waals surface area (Å²) in [6.07, 6.45) is 0.433. The van der Waals surface area contributed by atoms with Crippen molar-refractivity contribution in [2.45, 2.75) is 12.5 Å². The highest BCUT2D eigenvalue weighted by molar-refractivity contribution is 7.91. The Hall–Kier alpha value is -1.27. The lowest BCUT2D eigenvalue weighted by Crippen LogP contribution is -2.42. The predicted octanol–water partition coefficient (Wildman–Crippen LogP) is 1.45. The van der Waals surface area contributed by atoms with Gasteiger partial charge in [0.25, 0.3) is 0 Å². The smallest absolute Gasteiger partial charge is 0.242 e. The first-order valence-electron chi connectivity index (χ1n) is 6.19. The maximum Gasteiger partial charge on any atom is 0.242 e. The molecule has 0 aromatic heterocycles. The Balaban J connectivity index is 2.35. The van der Waals surface area contributed by atoms with Gasteiger partial charge in [-0.2, -0.15) is 0 Å². The molecule has 0 saturated carbocycles. The van der Waals surface area contributed by atoms with Gasteiger partial charge in [0.15, 0.2) is 9.84 Å². The van der Waals surface area contributed by atoms with Crippen molar-refractivity contribution < 1.29 is 17.9 Å². The average molecular weight is 318 g/mol. The van der Waals surface area contributed by atoms with Gasteiger partial charge in [-0.15, -0.1) is 11.6 Å². The minimum atomic E-state index is -3.07. The molecule has 1 atom stereocenters. The van der Waals surface area contributed by atoms with Gasteiger partial charge >= 0.3 is 0 Å². The van der Waals surface area contributed by atoms with Crippen LogP contribution in [0.3, 0.4) is 0 Å². The van der Waals surface area contributed by atoms with Crippen molar-refractivity contribution in [1.82, 2.24) is 0 Å². The van der Waals surface area contributed by atoms with E-state index in [0.29, 0.717) is 17.9 Å². The van der Waals surface area contributed by atoms with Crippen molar-refractivity contribution in [2.75, 3.05) is 29.4 Å². The molecule has 20 heavy (non-hydrogen) atoms. The van der Waals surface area contributed by atoms with E-state index in [1.54, 1.807) is 24.3 Å². The Morgan fingerprint density at radius 3 is 2.80 bits per heavy atom. The molecule has 0 unspecified atom stereocenters. The number of carbonyl (C=O) groups is 1. The van der Waals surface area contributed by atoms with E-state index in [1.807, 2.05) is 0 Å². The first-order valence-corrected chi connectivity index (χ1v) is 8.55. The van der Waals surface area contributed by atoms with Gasteiger partial charge in [-0.3, -0.25) is 4.79 Å². The molecule has 1 aliphatic heterocycles. The number of sulfone groups is 1. The van der Waals surface area contributed by atoms with Crippen LogP contribution in [0.4, 0.5) is 5.69 Å². The average Bonchev–Trinajstić information content (AvgIpc) is 2.79. The van der Waals surface area contributed by atoms with E-state index in [1.165, 1.54) is 12.0 Å². The molecule has 0 spiro atoms. The van der Waals surface area contributed by atoms with E-state index in [-0.39, 0.29) is 29.3 Å². The molecule has 1 aromatic rings. The summed E-state index contributed by atoms with van der Waals surface area (Å²) < 4.78 is 28.4. The molecule has 2 rings (SSSR count). The zero-order valence-corrected chi connectivity index (χ0v) is 12.7. The Kier molecular flexibility index (Phi) is 4.55. The van der Waals surface area contributed by atoms with E-state index >= 15 is 0 Å². The van der Waals surface area contributed by atoms with Crippen molar-refractivity contribution in [3.63, 3.8) is 0 Å². The third kappa shape index (κ3) is 3.24. The number of anilines is 1. The SMILES string of the molecule is COc1cccc(N(C(=O)CCl)[C@@H]2CCS(=O)(=O)C2)c1. The molecule has 1 heterocycles. The van der Waals surface area contributed by atoms with Gasteiger partial charge in [-0.05, 0) is 18.6 Å². The number of hydrogen-bond donors (Lipinski definition) is 0. The highest BCUT2D eigenvalue weighted by atomic mass is 35.5. The van der Waals surface area contributed by atoms with Crippen LogP contribution in [-0.2, 0) is 14.6 Å². The summed E-state index contributed by atoms with van der Waals surface area (Å²) in [5, 5.41) is 0. The summed E-state index contributed by atoms with van der Waals surface area (Å²) in [5.74, 6) is 0.201. The van der Waals surface area contributed by atoms with Crippen LogP contribution in [0.25, 0.3) is 0 Å². The van der Waals surface area contributed by atoms with Crippen LogP contribution in [0.1, 0.15) is 6.42 Å². The summed E-state index contributed by atoms with van der Waals surface area (Å²) >= 11 is 5.65. The maximum atomic E-state index is 12.1. The number of methoxy groups -OCH3 is 1. The molecule has 5 nitrogen and oxygen atoms in total. The number of nitrogens with zero attached hydrogens (tertiary/aromatic N) is 1. The number of carbonyl (C=O) groups excluding carboxylic acids is 1. The van der Waals surface area contributed by atoms with Crippen LogP contribution in [-0.4, -0.2) is 44.9 Å². The molecular weight excluding hydrogens is 302 g/mol. The molecule has 0 aliphatic carbocycles. The van der Waals surface area contributed by atoms with E-state index in [9.17, 15) is 13.2 Å². The molecule has 0 radical (unpaired) electrons. The minimum Gasteiger partial charge on any atom is -0.497 e. The number of amides is 1. The molecule has 1 fully saturated rings. The van der Waals surface area contributed by atoms with Gasteiger partial charge in [0, 0.05) is 11.8 Å². The molecule has 1 amide bonds. The number of benzene rings is 1. The molecular formula is C13H16ClNO4S. The second-order valence-corrected chi connectivity index (χ2v) is 7.15. The molecule has 110 valence electrons. The first-order chi connectivity index (χ1) is 9.46. The lowest BCUT2D eigenvalue weighted by atomic mass is 10.1. The Morgan fingerprint density at radius 1 is 1.50 bits per heavy atom. The number of alkyl halides is 1. The molecule has 0 bridgehead atoms. The fraction of sp³-hybridized carbons (Fsp3) is 0.462. The van der Waals surface area contributed by atoms with E-state index in [0.717, 1.165) is 0 Å². The number of halogens is 1. The number of rotatable bonds is 4. The topological polar surface area (TPSA) is 63.7 Å².